The second kappa shape index (κ2) is 6.92. The lowest BCUT2D eigenvalue weighted by molar-refractivity contribution is -0.385. The Morgan fingerprint density at radius 2 is 2.08 bits per heavy atom. The normalized spacial score (nSPS) is 10.7. The van der Waals surface area contributed by atoms with E-state index < -0.39 is 22.3 Å². The molecular weight excluding hydrogens is 367 g/mol. The molecule has 0 aliphatic rings. The van der Waals surface area contributed by atoms with Crippen molar-refractivity contribution in [2.75, 3.05) is 5.32 Å². The number of carbonyl (C=O) groups is 1. The third-order valence-corrected chi connectivity index (χ3v) is 3.74. The molecule has 11 heteroatoms. The molecule has 0 atom stereocenters. The number of nitrogens with one attached hydrogen (secondary N) is 1. The molecule has 0 spiro atoms. The van der Waals surface area contributed by atoms with Crippen molar-refractivity contribution in [1.29, 1.82) is 0 Å². The fourth-order valence-electron chi connectivity index (χ4n) is 2.30. The summed E-state index contributed by atoms with van der Waals surface area (Å²) in [5.74, 6) is -1.22. The number of nitro groups is 1. The van der Waals surface area contributed by atoms with E-state index in [0.29, 0.717) is 5.56 Å². The standard InChI is InChI=1S/C15H12ClFN6O3/c1-21-8-12(23(25)26)13(19-21)15(24)18-14-10(16)7-22(20-14)6-9-4-2-3-5-11(9)17/h2-5,7-8H,6H2,1H3,(H,18,20,24). The first-order valence-corrected chi connectivity index (χ1v) is 7.68. The van der Waals surface area contributed by atoms with Gasteiger partial charge in [-0.3, -0.25) is 24.3 Å². The molecule has 0 saturated heterocycles. The minimum Gasteiger partial charge on any atom is -0.302 e. The van der Waals surface area contributed by atoms with E-state index in [9.17, 15) is 19.3 Å². The highest BCUT2D eigenvalue weighted by atomic mass is 35.5. The maximum absolute atomic E-state index is 13.7. The number of halogens is 2. The molecule has 3 aromatic rings. The van der Waals surface area contributed by atoms with Gasteiger partial charge in [0.15, 0.2) is 5.82 Å². The zero-order valence-corrected chi connectivity index (χ0v) is 14.1. The molecule has 0 saturated carbocycles. The zero-order valence-electron chi connectivity index (χ0n) is 13.4. The summed E-state index contributed by atoms with van der Waals surface area (Å²) in [6.07, 6.45) is 2.53. The molecule has 1 amide bonds. The molecule has 0 unspecified atom stereocenters. The largest absolute Gasteiger partial charge is 0.320 e. The molecule has 2 aromatic heterocycles. The van der Waals surface area contributed by atoms with Crippen molar-refractivity contribution in [1.82, 2.24) is 19.6 Å². The summed E-state index contributed by atoms with van der Waals surface area (Å²) in [4.78, 5) is 22.5. The minimum absolute atomic E-state index is 0.00652. The second-order valence-electron chi connectivity index (χ2n) is 5.36. The van der Waals surface area contributed by atoms with E-state index in [1.807, 2.05) is 0 Å². The Morgan fingerprint density at radius 3 is 2.77 bits per heavy atom. The molecule has 0 bridgehead atoms. The Bertz CT molecular complexity index is 999. The SMILES string of the molecule is Cn1cc([N+](=O)[O-])c(C(=O)Nc2nn(Cc3ccccc3F)cc2Cl)n1. The first-order chi connectivity index (χ1) is 12.3. The van der Waals surface area contributed by atoms with Gasteiger partial charge < -0.3 is 5.32 Å². The third-order valence-electron chi connectivity index (χ3n) is 3.46. The van der Waals surface area contributed by atoms with E-state index in [0.717, 1.165) is 10.9 Å². The van der Waals surface area contributed by atoms with Crippen LogP contribution in [0.4, 0.5) is 15.9 Å². The highest BCUT2D eigenvalue weighted by Gasteiger charge is 2.26. The van der Waals surface area contributed by atoms with E-state index >= 15 is 0 Å². The summed E-state index contributed by atoms with van der Waals surface area (Å²) in [7, 11) is 1.46. The first-order valence-electron chi connectivity index (χ1n) is 7.31. The number of aryl methyl sites for hydroxylation is 1. The van der Waals surface area contributed by atoms with Crippen LogP contribution in [0.1, 0.15) is 16.1 Å². The Hall–Kier alpha value is -3.27. The van der Waals surface area contributed by atoms with Crippen molar-refractivity contribution in [3.63, 3.8) is 0 Å². The third kappa shape index (κ3) is 3.54. The minimum atomic E-state index is -0.824. The van der Waals surface area contributed by atoms with Crippen molar-refractivity contribution < 1.29 is 14.1 Å². The van der Waals surface area contributed by atoms with Gasteiger partial charge in [-0.2, -0.15) is 10.2 Å². The van der Waals surface area contributed by atoms with Crippen molar-refractivity contribution in [2.45, 2.75) is 6.54 Å². The number of hydrogen-bond acceptors (Lipinski definition) is 5. The van der Waals surface area contributed by atoms with E-state index in [2.05, 4.69) is 15.5 Å². The number of hydrogen-bond donors (Lipinski definition) is 1. The van der Waals surface area contributed by atoms with E-state index in [-0.39, 0.29) is 23.1 Å². The maximum atomic E-state index is 13.7. The van der Waals surface area contributed by atoms with Crippen molar-refractivity contribution >= 4 is 29.0 Å². The van der Waals surface area contributed by atoms with Gasteiger partial charge >= 0.3 is 5.69 Å². The molecule has 0 aliphatic carbocycles. The molecule has 3 rings (SSSR count). The highest BCUT2D eigenvalue weighted by molar-refractivity contribution is 6.33. The molecule has 1 aromatic carbocycles. The summed E-state index contributed by atoms with van der Waals surface area (Å²) < 4.78 is 16.2. The van der Waals surface area contributed by atoms with Crippen molar-refractivity contribution in [2.24, 2.45) is 7.05 Å². The molecule has 0 aliphatic heterocycles. The van der Waals surface area contributed by atoms with Crippen LogP contribution in [0.2, 0.25) is 5.02 Å². The van der Waals surface area contributed by atoms with Crippen LogP contribution in [0.5, 0.6) is 0 Å². The molecule has 0 fully saturated rings. The van der Waals surface area contributed by atoms with Gasteiger partial charge in [-0.15, -0.1) is 0 Å². The lowest BCUT2D eigenvalue weighted by Crippen LogP contribution is -2.15. The molecule has 26 heavy (non-hydrogen) atoms. The zero-order chi connectivity index (χ0) is 18.8. The fourth-order valence-corrected chi connectivity index (χ4v) is 2.50. The number of rotatable bonds is 5. The fraction of sp³-hybridized carbons (Fsp3) is 0.133. The smallest absolute Gasteiger partial charge is 0.302 e. The van der Waals surface area contributed by atoms with Crippen LogP contribution in [0, 0.1) is 15.9 Å². The average molecular weight is 379 g/mol. The van der Waals surface area contributed by atoms with Crippen LogP contribution in [0.3, 0.4) is 0 Å². The monoisotopic (exact) mass is 378 g/mol. The lowest BCUT2D eigenvalue weighted by atomic mass is 10.2. The predicted octanol–water partition coefficient (Wildman–Crippen LogP) is 2.62. The number of carbonyl (C=O) groups excluding carboxylic acids is 1. The van der Waals surface area contributed by atoms with Crippen molar-refractivity contribution in [3.8, 4) is 0 Å². The summed E-state index contributed by atoms with van der Waals surface area (Å²) in [5.41, 5.74) is -0.408. The van der Waals surface area contributed by atoms with Crippen LogP contribution < -0.4 is 5.32 Å². The van der Waals surface area contributed by atoms with Gasteiger partial charge in [-0.1, -0.05) is 29.8 Å². The van der Waals surface area contributed by atoms with E-state index in [4.69, 9.17) is 11.6 Å². The maximum Gasteiger partial charge on any atom is 0.320 e. The summed E-state index contributed by atoms with van der Waals surface area (Å²) in [6, 6.07) is 6.18. The van der Waals surface area contributed by atoms with Gasteiger partial charge in [-0.25, -0.2) is 4.39 Å². The van der Waals surface area contributed by atoms with Crippen molar-refractivity contribution in [3.05, 3.63) is 68.9 Å². The molecule has 0 radical (unpaired) electrons. The number of benzene rings is 1. The average Bonchev–Trinajstić information content (AvgIpc) is 3.13. The molecule has 134 valence electrons. The summed E-state index contributed by atoms with van der Waals surface area (Å²) >= 11 is 6.04. The van der Waals surface area contributed by atoms with Crippen LogP contribution >= 0.6 is 11.6 Å². The lowest BCUT2D eigenvalue weighted by Gasteiger charge is -2.03. The highest BCUT2D eigenvalue weighted by Crippen LogP contribution is 2.23. The quantitative estimate of drug-likeness (QED) is 0.542. The summed E-state index contributed by atoms with van der Waals surface area (Å²) in [6.45, 7) is 0.103. The first kappa shape index (κ1) is 17.5. The van der Waals surface area contributed by atoms with Gasteiger partial charge in [0.25, 0.3) is 5.91 Å². The van der Waals surface area contributed by atoms with Gasteiger partial charge in [0.2, 0.25) is 5.69 Å². The van der Waals surface area contributed by atoms with Gasteiger partial charge in [0, 0.05) is 18.8 Å². The number of aromatic nitrogens is 4. The molecule has 1 N–H and O–H groups in total. The molecule has 9 nitrogen and oxygen atoms in total. The summed E-state index contributed by atoms with van der Waals surface area (Å²) in [5, 5.41) is 21.3. The van der Waals surface area contributed by atoms with E-state index in [1.165, 1.54) is 24.0 Å². The number of nitrogens with zero attached hydrogens (tertiary/aromatic N) is 5. The number of anilines is 1. The predicted molar refractivity (Wildman–Crippen MR) is 90.6 cm³/mol. The Morgan fingerprint density at radius 1 is 1.35 bits per heavy atom. The van der Waals surface area contributed by atoms with Gasteiger partial charge in [0.05, 0.1) is 11.5 Å². The Labute approximate surface area is 151 Å². The van der Waals surface area contributed by atoms with E-state index in [1.54, 1.807) is 18.2 Å². The van der Waals surface area contributed by atoms with Gasteiger partial charge in [-0.05, 0) is 6.07 Å². The molecular formula is C15H12ClFN6O3. The second-order valence-corrected chi connectivity index (χ2v) is 5.77. The number of amides is 1. The van der Waals surface area contributed by atoms with Crippen LogP contribution in [-0.4, -0.2) is 30.4 Å². The van der Waals surface area contributed by atoms with Gasteiger partial charge in [0.1, 0.15) is 17.0 Å². The van der Waals surface area contributed by atoms with Crippen LogP contribution in [0.15, 0.2) is 36.7 Å². The Balaban J connectivity index is 1.81. The topological polar surface area (TPSA) is 108 Å². The Kier molecular flexibility index (Phi) is 4.67. The van der Waals surface area contributed by atoms with Crippen LogP contribution in [0.25, 0.3) is 0 Å². The van der Waals surface area contributed by atoms with Crippen LogP contribution in [-0.2, 0) is 13.6 Å². The molecule has 2 heterocycles.